The molecule has 0 saturated carbocycles. The number of ether oxygens (including phenoxy) is 1. The van der Waals surface area contributed by atoms with Crippen molar-refractivity contribution in [3.63, 3.8) is 0 Å². The predicted molar refractivity (Wildman–Crippen MR) is 93.4 cm³/mol. The first kappa shape index (κ1) is 18.1. The van der Waals surface area contributed by atoms with Crippen LogP contribution in [0.4, 0.5) is 11.4 Å². The van der Waals surface area contributed by atoms with Crippen LogP contribution in [0.2, 0.25) is 0 Å². The largest absolute Gasteiger partial charge is 0.494 e. The van der Waals surface area contributed by atoms with E-state index in [1.165, 1.54) is 37.4 Å². The van der Waals surface area contributed by atoms with E-state index >= 15 is 0 Å². The minimum Gasteiger partial charge on any atom is -0.494 e. The third kappa shape index (κ3) is 4.62. The first-order valence-corrected chi connectivity index (χ1v) is 10.2. The Morgan fingerprint density at radius 3 is 2.08 bits per heavy atom. The summed E-state index contributed by atoms with van der Waals surface area (Å²) in [5, 5.41) is 0. The molecule has 24 heavy (non-hydrogen) atoms. The van der Waals surface area contributed by atoms with E-state index in [2.05, 4.69) is 9.44 Å². The van der Waals surface area contributed by atoms with Crippen molar-refractivity contribution < 1.29 is 21.6 Å². The summed E-state index contributed by atoms with van der Waals surface area (Å²) >= 11 is 0. The van der Waals surface area contributed by atoms with E-state index < -0.39 is 20.0 Å². The summed E-state index contributed by atoms with van der Waals surface area (Å²) in [5.41, 5.74) is 1.43. The second kappa shape index (κ2) is 6.70. The van der Waals surface area contributed by atoms with Gasteiger partial charge in [0.15, 0.2) is 0 Å². The topological polar surface area (TPSA) is 102 Å². The van der Waals surface area contributed by atoms with Crippen molar-refractivity contribution >= 4 is 31.4 Å². The van der Waals surface area contributed by atoms with Gasteiger partial charge in [-0.2, -0.15) is 0 Å². The van der Waals surface area contributed by atoms with Gasteiger partial charge in [0.05, 0.1) is 29.6 Å². The van der Waals surface area contributed by atoms with Crippen LogP contribution in [0.3, 0.4) is 0 Å². The first-order chi connectivity index (χ1) is 11.1. The Hall–Kier alpha value is -2.26. The molecule has 0 fully saturated rings. The molecule has 0 bridgehead atoms. The van der Waals surface area contributed by atoms with E-state index in [0.29, 0.717) is 0 Å². The summed E-state index contributed by atoms with van der Waals surface area (Å²) in [5.74, 6) is 0.199. The average molecular weight is 370 g/mol. The van der Waals surface area contributed by atoms with E-state index in [4.69, 9.17) is 4.74 Å². The van der Waals surface area contributed by atoms with Crippen molar-refractivity contribution in [3.8, 4) is 5.75 Å². The number of anilines is 2. The Morgan fingerprint density at radius 2 is 1.54 bits per heavy atom. The summed E-state index contributed by atoms with van der Waals surface area (Å²) in [6.45, 7) is 1.86. The van der Waals surface area contributed by atoms with Crippen molar-refractivity contribution in [1.29, 1.82) is 0 Å². The first-order valence-electron chi connectivity index (χ1n) is 6.86. The molecular formula is C15H18N2O5S2. The molecule has 0 aliphatic rings. The Labute approximate surface area is 141 Å². The highest BCUT2D eigenvalue weighted by atomic mass is 32.2. The zero-order chi connectivity index (χ0) is 18.0. The molecule has 0 unspecified atom stereocenters. The predicted octanol–water partition coefficient (Wildman–Crippen LogP) is 2.18. The van der Waals surface area contributed by atoms with Gasteiger partial charge < -0.3 is 4.74 Å². The van der Waals surface area contributed by atoms with Gasteiger partial charge >= 0.3 is 0 Å². The van der Waals surface area contributed by atoms with Crippen LogP contribution in [0.25, 0.3) is 0 Å². The van der Waals surface area contributed by atoms with E-state index in [1.54, 1.807) is 12.1 Å². The zero-order valence-electron chi connectivity index (χ0n) is 13.4. The number of benzene rings is 2. The maximum Gasteiger partial charge on any atom is 0.261 e. The van der Waals surface area contributed by atoms with Crippen LogP contribution in [0.5, 0.6) is 5.75 Å². The third-order valence-corrected chi connectivity index (χ3v) is 5.07. The van der Waals surface area contributed by atoms with E-state index in [1.807, 2.05) is 6.92 Å². The second-order valence-electron chi connectivity index (χ2n) is 5.21. The van der Waals surface area contributed by atoms with Crippen molar-refractivity contribution in [2.45, 2.75) is 11.8 Å². The molecule has 0 aromatic heterocycles. The molecule has 7 nitrogen and oxygen atoms in total. The molecule has 0 atom stereocenters. The lowest BCUT2D eigenvalue weighted by molar-refractivity contribution is 0.417. The van der Waals surface area contributed by atoms with E-state index in [9.17, 15) is 16.8 Å². The molecule has 2 aromatic carbocycles. The zero-order valence-corrected chi connectivity index (χ0v) is 15.0. The highest BCUT2D eigenvalue weighted by Gasteiger charge is 2.16. The van der Waals surface area contributed by atoms with Gasteiger partial charge in [-0.1, -0.05) is 17.7 Å². The summed E-state index contributed by atoms with van der Waals surface area (Å²) in [4.78, 5) is 0.130. The van der Waals surface area contributed by atoms with Gasteiger partial charge in [-0.05, 0) is 31.2 Å². The van der Waals surface area contributed by atoms with E-state index in [-0.39, 0.29) is 22.0 Å². The molecule has 2 rings (SSSR count). The monoisotopic (exact) mass is 370 g/mol. The van der Waals surface area contributed by atoms with Crippen molar-refractivity contribution in [1.82, 2.24) is 0 Å². The molecule has 2 N–H and O–H groups in total. The highest BCUT2D eigenvalue weighted by molar-refractivity contribution is 7.92. The normalized spacial score (nSPS) is 11.8. The number of methoxy groups -OCH3 is 1. The van der Waals surface area contributed by atoms with Crippen LogP contribution in [0.15, 0.2) is 47.4 Å². The summed E-state index contributed by atoms with van der Waals surface area (Å²) < 4.78 is 57.2. The van der Waals surface area contributed by atoms with E-state index in [0.717, 1.165) is 11.8 Å². The maximum absolute atomic E-state index is 12.4. The molecule has 130 valence electrons. The van der Waals surface area contributed by atoms with Crippen LogP contribution >= 0.6 is 0 Å². The number of aryl methyl sites for hydroxylation is 1. The van der Waals surface area contributed by atoms with Crippen LogP contribution in [0, 0.1) is 6.92 Å². The summed E-state index contributed by atoms with van der Waals surface area (Å²) in [6.07, 6.45) is 1.01. The fourth-order valence-electron chi connectivity index (χ4n) is 1.97. The standard InChI is InChI=1S/C15H18N2O5S2/c1-11-4-7-13(8-5-11)24(20,21)16-12-6-9-14(15(10-12)22-2)17-23(3,18)19/h4-10,16-17H,1-3H3. The van der Waals surface area contributed by atoms with Gasteiger partial charge in [-0.15, -0.1) is 0 Å². The lowest BCUT2D eigenvalue weighted by Crippen LogP contribution is -2.14. The lowest BCUT2D eigenvalue weighted by Gasteiger charge is -2.13. The number of hydrogen-bond acceptors (Lipinski definition) is 5. The van der Waals surface area contributed by atoms with Gasteiger partial charge in [-0.25, -0.2) is 16.8 Å². The number of rotatable bonds is 6. The fraction of sp³-hybridized carbons (Fsp3) is 0.200. The third-order valence-electron chi connectivity index (χ3n) is 3.08. The quantitative estimate of drug-likeness (QED) is 0.811. The minimum absolute atomic E-state index is 0.130. The van der Waals surface area contributed by atoms with Gasteiger partial charge in [0, 0.05) is 6.07 Å². The lowest BCUT2D eigenvalue weighted by atomic mass is 10.2. The Bertz CT molecular complexity index is 936. The number of sulfonamides is 2. The fourth-order valence-corrected chi connectivity index (χ4v) is 3.59. The SMILES string of the molecule is COc1cc(NS(=O)(=O)c2ccc(C)cc2)ccc1NS(C)(=O)=O. The maximum atomic E-state index is 12.4. The molecule has 0 amide bonds. The molecule has 9 heteroatoms. The molecule has 0 heterocycles. The second-order valence-corrected chi connectivity index (χ2v) is 8.64. The summed E-state index contributed by atoms with van der Waals surface area (Å²) in [6, 6.07) is 10.7. The summed E-state index contributed by atoms with van der Waals surface area (Å²) in [7, 11) is -5.86. The average Bonchev–Trinajstić information content (AvgIpc) is 2.47. The van der Waals surface area contributed by atoms with Gasteiger partial charge in [0.1, 0.15) is 5.75 Å². The number of nitrogens with one attached hydrogen (secondary N) is 2. The van der Waals surface area contributed by atoms with Crippen LogP contribution in [-0.4, -0.2) is 30.2 Å². The van der Waals surface area contributed by atoms with Crippen LogP contribution in [-0.2, 0) is 20.0 Å². The molecule has 0 aliphatic carbocycles. The Kier molecular flexibility index (Phi) is 5.05. The minimum atomic E-state index is -3.75. The Morgan fingerprint density at radius 1 is 0.917 bits per heavy atom. The van der Waals surface area contributed by atoms with Gasteiger partial charge in [-0.3, -0.25) is 9.44 Å². The molecule has 0 saturated heterocycles. The molecule has 0 radical (unpaired) electrons. The molecule has 2 aromatic rings. The van der Waals surface area contributed by atoms with Crippen LogP contribution in [0.1, 0.15) is 5.56 Å². The Balaban J connectivity index is 2.31. The van der Waals surface area contributed by atoms with Crippen LogP contribution < -0.4 is 14.2 Å². The molecule has 0 aliphatic heterocycles. The van der Waals surface area contributed by atoms with Crippen molar-refractivity contribution in [2.24, 2.45) is 0 Å². The molecule has 0 spiro atoms. The van der Waals surface area contributed by atoms with Gasteiger partial charge in [0.25, 0.3) is 10.0 Å². The highest BCUT2D eigenvalue weighted by Crippen LogP contribution is 2.29. The van der Waals surface area contributed by atoms with Crippen molar-refractivity contribution in [3.05, 3.63) is 48.0 Å². The number of hydrogen-bond donors (Lipinski definition) is 2. The molecular weight excluding hydrogens is 352 g/mol. The van der Waals surface area contributed by atoms with Crippen molar-refractivity contribution in [2.75, 3.05) is 22.8 Å². The van der Waals surface area contributed by atoms with Gasteiger partial charge in [0.2, 0.25) is 10.0 Å². The smallest absolute Gasteiger partial charge is 0.261 e.